The SMILES string of the molecule is CCC(C)CC(CC(CC(C)(CC1(C)CC(C)(C)C(=O)OC1=O)C(=O)O)(c1ccccc1)c1ccccc1)c1ccccc1. The van der Waals surface area contributed by atoms with Crippen LogP contribution in [0.2, 0.25) is 0 Å². The normalized spacial score (nSPS) is 21.1. The number of cyclic esters (lactones) is 2. The summed E-state index contributed by atoms with van der Waals surface area (Å²) in [5.74, 6) is -1.52. The molecule has 5 nitrogen and oxygen atoms in total. The van der Waals surface area contributed by atoms with E-state index in [4.69, 9.17) is 4.74 Å². The van der Waals surface area contributed by atoms with Crippen molar-refractivity contribution in [2.75, 3.05) is 0 Å². The van der Waals surface area contributed by atoms with Gasteiger partial charge in [0, 0.05) is 5.41 Å². The smallest absolute Gasteiger partial charge is 0.319 e. The molecule has 1 N–H and O–H groups in total. The van der Waals surface area contributed by atoms with Crippen LogP contribution in [0.15, 0.2) is 91.0 Å². The number of aliphatic carboxylic acids is 1. The quantitative estimate of drug-likeness (QED) is 0.157. The average Bonchev–Trinajstić information content (AvgIpc) is 3.00. The molecule has 1 saturated heterocycles. The summed E-state index contributed by atoms with van der Waals surface area (Å²) >= 11 is 0. The highest BCUT2D eigenvalue weighted by atomic mass is 16.6. The van der Waals surface area contributed by atoms with Crippen LogP contribution in [0.25, 0.3) is 0 Å². The van der Waals surface area contributed by atoms with E-state index in [9.17, 15) is 19.5 Å². The molecule has 44 heavy (non-hydrogen) atoms. The zero-order valence-electron chi connectivity index (χ0n) is 27.1. The molecule has 3 aromatic rings. The Morgan fingerprint density at radius 1 is 0.864 bits per heavy atom. The van der Waals surface area contributed by atoms with Gasteiger partial charge in [0.15, 0.2) is 0 Å². The third kappa shape index (κ3) is 6.98. The molecule has 4 rings (SSSR count). The van der Waals surface area contributed by atoms with E-state index in [2.05, 4.69) is 62.4 Å². The van der Waals surface area contributed by atoms with Gasteiger partial charge in [-0.15, -0.1) is 0 Å². The number of rotatable bonds is 13. The topological polar surface area (TPSA) is 80.7 Å². The van der Waals surface area contributed by atoms with E-state index in [1.54, 1.807) is 27.7 Å². The molecule has 5 heteroatoms. The minimum Gasteiger partial charge on any atom is -0.481 e. The molecule has 4 unspecified atom stereocenters. The molecule has 0 amide bonds. The van der Waals surface area contributed by atoms with Crippen molar-refractivity contribution in [3.63, 3.8) is 0 Å². The van der Waals surface area contributed by atoms with Gasteiger partial charge >= 0.3 is 17.9 Å². The maximum atomic E-state index is 13.5. The second kappa shape index (κ2) is 13.1. The van der Waals surface area contributed by atoms with Gasteiger partial charge in [-0.05, 0) is 88.3 Å². The Labute approximate surface area is 263 Å². The summed E-state index contributed by atoms with van der Waals surface area (Å²) in [5.41, 5.74) is -0.709. The molecule has 0 spiro atoms. The lowest BCUT2D eigenvalue weighted by Crippen LogP contribution is -2.51. The summed E-state index contributed by atoms with van der Waals surface area (Å²) in [6.07, 6.45) is 3.26. The van der Waals surface area contributed by atoms with Crippen molar-refractivity contribution in [3.8, 4) is 0 Å². The summed E-state index contributed by atoms with van der Waals surface area (Å²) in [6.45, 7) is 11.5. The van der Waals surface area contributed by atoms with Crippen molar-refractivity contribution in [1.29, 1.82) is 0 Å². The molecule has 234 valence electrons. The number of carbonyl (C=O) groups excluding carboxylic acids is 2. The Hall–Kier alpha value is -3.73. The molecular formula is C39H48O5. The third-order valence-corrected chi connectivity index (χ3v) is 9.95. The Morgan fingerprint density at radius 3 is 1.84 bits per heavy atom. The first-order chi connectivity index (χ1) is 20.7. The van der Waals surface area contributed by atoms with Crippen molar-refractivity contribution >= 4 is 17.9 Å². The first kappa shape index (κ1) is 33.2. The lowest BCUT2D eigenvalue weighted by molar-refractivity contribution is -0.186. The van der Waals surface area contributed by atoms with E-state index in [0.717, 1.165) is 24.0 Å². The van der Waals surface area contributed by atoms with Gasteiger partial charge in [-0.2, -0.15) is 0 Å². The van der Waals surface area contributed by atoms with Gasteiger partial charge < -0.3 is 9.84 Å². The minimum absolute atomic E-state index is 0.0493. The fourth-order valence-corrected chi connectivity index (χ4v) is 7.67. The van der Waals surface area contributed by atoms with Crippen LogP contribution in [0.3, 0.4) is 0 Å². The lowest BCUT2D eigenvalue weighted by atomic mass is 9.56. The van der Waals surface area contributed by atoms with Gasteiger partial charge in [0.05, 0.1) is 16.2 Å². The molecule has 3 aromatic carbocycles. The van der Waals surface area contributed by atoms with Gasteiger partial charge in [0.1, 0.15) is 0 Å². The van der Waals surface area contributed by atoms with Crippen LogP contribution in [0.4, 0.5) is 0 Å². The highest BCUT2D eigenvalue weighted by molar-refractivity contribution is 5.94. The highest BCUT2D eigenvalue weighted by Gasteiger charge is 2.56. The van der Waals surface area contributed by atoms with Crippen LogP contribution in [0.5, 0.6) is 0 Å². The summed E-state index contributed by atoms with van der Waals surface area (Å²) in [4.78, 5) is 39.3. The van der Waals surface area contributed by atoms with E-state index in [-0.39, 0.29) is 25.2 Å². The highest BCUT2D eigenvalue weighted by Crippen LogP contribution is 2.54. The first-order valence-corrected chi connectivity index (χ1v) is 15.9. The van der Waals surface area contributed by atoms with Gasteiger partial charge in [-0.3, -0.25) is 14.4 Å². The van der Waals surface area contributed by atoms with Crippen molar-refractivity contribution in [2.24, 2.45) is 22.2 Å². The van der Waals surface area contributed by atoms with Crippen LogP contribution in [-0.4, -0.2) is 23.0 Å². The number of hydrogen-bond donors (Lipinski definition) is 1. The number of ether oxygens (including phenoxy) is 1. The molecule has 4 atom stereocenters. The Bertz CT molecular complexity index is 1390. The van der Waals surface area contributed by atoms with E-state index < -0.39 is 39.6 Å². The summed E-state index contributed by atoms with van der Waals surface area (Å²) in [6, 6.07) is 31.0. The molecule has 1 heterocycles. The van der Waals surface area contributed by atoms with Crippen molar-refractivity contribution in [1.82, 2.24) is 0 Å². The molecular weight excluding hydrogens is 548 g/mol. The van der Waals surface area contributed by atoms with Gasteiger partial charge in [0.25, 0.3) is 0 Å². The molecule has 0 aromatic heterocycles. The van der Waals surface area contributed by atoms with Crippen LogP contribution < -0.4 is 0 Å². The fraction of sp³-hybridized carbons (Fsp3) is 0.462. The maximum Gasteiger partial charge on any atom is 0.319 e. The zero-order chi connectivity index (χ0) is 32.2. The Balaban J connectivity index is 1.91. The van der Waals surface area contributed by atoms with Crippen LogP contribution in [0.1, 0.15) is 103 Å². The Kier molecular flexibility index (Phi) is 9.87. The minimum atomic E-state index is -1.33. The second-order valence-electron chi connectivity index (χ2n) is 14.4. The number of benzene rings is 3. The standard InChI is InChI=1S/C39H48O5/c1-7-28(2)23-30(29-17-11-8-12-18-29)24-39(31-19-13-9-14-20-31,32-21-15-10-16-22-32)27-37(5,33(40)41)26-38(6)25-36(3,4)34(42)44-35(38)43/h8-22,28,30H,7,23-27H2,1-6H3,(H,40,41). The molecule has 0 saturated carbocycles. The largest absolute Gasteiger partial charge is 0.481 e. The summed E-state index contributed by atoms with van der Waals surface area (Å²) < 4.78 is 5.25. The maximum absolute atomic E-state index is 13.5. The van der Waals surface area contributed by atoms with Gasteiger partial charge in [0.2, 0.25) is 0 Å². The number of hydrogen-bond acceptors (Lipinski definition) is 4. The monoisotopic (exact) mass is 596 g/mol. The molecule has 1 aliphatic heterocycles. The van der Waals surface area contributed by atoms with Crippen molar-refractivity contribution in [2.45, 2.75) is 91.4 Å². The van der Waals surface area contributed by atoms with E-state index in [1.165, 1.54) is 5.56 Å². The number of carboxylic acids is 1. The predicted molar refractivity (Wildman–Crippen MR) is 174 cm³/mol. The molecule has 0 bridgehead atoms. The van der Waals surface area contributed by atoms with Gasteiger partial charge in [-0.1, -0.05) is 111 Å². The van der Waals surface area contributed by atoms with Gasteiger partial charge in [-0.25, -0.2) is 0 Å². The molecule has 0 radical (unpaired) electrons. The van der Waals surface area contributed by atoms with E-state index in [0.29, 0.717) is 12.3 Å². The Morgan fingerprint density at radius 2 is 1.36 bits per heavy atom. The third-order valence-electron chi connectivity index (χ3n) is 9.95. The average molecular weight is 597 g/mol. The predicted octanol–water partition coefficient (Wildman–Crippen LogP) is 8.96. The zero-order valence-corrected chi connectivity index (χ0v) is 27.1. The fourth-order valence-electron chi connectivity index (χ4n) is 7.67. The summed E-state index contributed by atoms with van der Waals surface area (Å²) in [7, 11) is 0. The molecule has 1 fully saturated rings. The van der Waals surface area contributed by atoms with Crippen LogP contribution in [-0.2, 0) is 24.5 Å². The summed E-state index contributed by atoms with van der Waals surface area (Å²) in [5, 5.41) is 11.0. The number of carbonyl (C=O) groups is 3. The second-order valence-corrected chi connectivity index (χ2v) is 14.4. The van der Waals surface area contributed by atoms with Crippen molar-refractivity contribution < 1.29 is 24.2 Å². The van der Waals surface area contributed by atoms with Crippen LogP contribution >= 0.6 is 0 Å². The molecule has 1 aliphatic rings. The van der Waals surface area contributed by atoms with Crippen LogP contribution in [0, 0.1) is 22.2 Å². The lowest BCUT2D eigenvalue weighted by Gasteiger charge is -2.47. The number of carboxylic acid groups (broad SMARTS) is 1. The first-order valence-electron chi connectivity index (χ1n) is 15.9. The van der Waals surface area contributed by atoms with E-state index >= 15 is 0 Å². The number of esters is 2. The van der Waals surface area contributed by atoms with E-state index in [1.807, 2.05) is 42.5 Å². The van der Waals surface area contributed by atoms with Crippen molar-refractivity contribution in [3.05, 3.63) is 108 Å². The molecule has 0 aliphatic carbocycles.